The summed E-state index contributed by atoms with van der Waals surface area (Å²) < 4.78 is 2.08. The van der Waals surface area contributed by atoms with Gasteiger partial charge >= 0.3 is 0 Å². The second-order valence-corrected chi connectivity index (χ2v) is 5.77. The number of fused-ring (bicyclic) bond motifs is 1. The molecule has 0 spiro atoms. The molecule has 1 aliphatic rings. The zero-order chi connectivity index (χ0) is 14.1. The SMILES string of the molecule is CC(C)c1ncc2c(n1)CCN(Cc1nccn1C)C2. The Bertz CT molecular complexity index is 602. The summed E-state index contributed by atoms with van der Waals surface area (Å²) in [5, 5.41) is 0. The molecule has 0 aromatic carbocycles. The fraction of sp³-hybridized carbons (Fsp3) is 0.533. The highest BCUT2D eigenvalue weighted by Gasteiger charge is 2.20. The predicted octanol–water partition coefficient (Wildman–Crippen LogP) is 1.89. The first-order valence-corrected chi connectivity index (χ1v) is 7.16. The van der Waals surface area contributed by atoms with E-state index in [1.165, 1.54) is 11.3 Å². The molecule has 20 heavy (non-hydrogen) atoms. The minimum absolute atomic E-state index is 0.394. The van der Waals surface area contributed by atoms with Gasteiger partial charge in [-0.05, 0) is 0 Å². The molecule has 1 aliphatic heterocycles. The van der Waals surface area contributed by atoms with E-state index in [1.54, 1.807) is 0 Å². The molecule has 2 aromatic rings. The Hall–Kier alpha value is -1.75. The maximum atomic E-state index is 4.70. The number of rotatable bonds is 3. The molecule has 106 valence electrons. The van der Waals surface area contributed by atoms with Gasteiger partial charge in [0.1, 0.15) is 11.6 Å². The maximum Gasteiger partial charge on any atom is 0.131 e. The second-order valence-electron chi connectivity index (χ2n) is 5.77. The summed E-state index contributed by atoms with van der Waals surface area (Å²) in [6, 6.07) is 0. The Morgan fingerprint density at radius 3 is 2.85 bits per heavy atom. The van der Waals surface area contributed by atoms with Crippen molar-refractivity contribution in [3.05, 3.63) is 41.5 Å². The van der Waals surface area contributed by atoms with Crippen LogP contribution >= 0.6 is 0 Å². The van der Waals surface area contributed by atoms with Gasteiger partial charge in [0.15, 0.2) is 0 Å². The molecular weight excluding hydrogens is 250 g/mol. The summed E-state index contributed by atoms with van der Waals surface area (Å²) in [5.41, 5.74) is 2.48. The molecule has 0 bridgehead atoms. The summed E-state index contributed by atoms with van der Waals surface area (Å²) in [5.74, 6) is 2.46. The van der Waals surface area contributed by atoms with E-state index in [1.807, 2.05) is 25.6 Å². The van der Waals surface area contributed by atoms with Gasteiger partial charge in [-0.2, -0.15) is 0 Å². The van der Waals surface area contributed by atoms with Crippen LogP contribution in [0.25, 0.3) is 0 Å². The minimum Gasteiger partial charge on any atom is -0.337 e. The molecule has 5 heteroatoms. The van der Waals surface area contributed by atoms with Gasteiger partial charge in [0.2, 0.25) is 0 Å². The van der Waals surface area contributed by atoms with Crippen molar-refractivity contribution in [2.45, 2.75) is 39.3 Å². The number of hydrogen-bond acceptors (Lipinski definition) is 4. The van der Waals surface area contributed by atoms with E-state index in [0.717, 1.165) is 37.7 Å². The lowest BCUT2D eigenvalue weighted by molar-refractivity contribution is 0.234. The molecule has 3 heterocycles. The van der Waals surface area contributed by atoms with E-state index < -0.39 is 0 Å². The van der Waals surface area contributed by atoms with E-state index >= 15 is 0 Å². The molecule has 2 aromatic heterocycles. The summed E-state index contributed by atoms with van der Waals surface area (Å²) in [7, 11) is 2.04. The van der Waals surface area contributed by atoms with Gasteiger partial charge in [-0.1, -0.05) is 13.8 Å². The van der Waals surface area contributed by atoms with Gasteiger partial charge in [-0.3, -0.25) is 4.90 Å². The minimum atomic E-state index is 0.394. The second kappa shape index (κ2) is 5.32. The van der Waals surface area contributed by atoms with Crippen LogP contribution in [0.3, 0.4) is 0 Å². The third-order valence-corrected chi connectivity index (χ3v) is 3.83. The van der Waals surface area contributed by atoms with Crippen molar-refractivity contribution in [1.29, 1.82) is 0 Å². The fourth-order valence-corrected chi connectivity index (χ4v) is 2.55. The molecule has 0 saturated carbocycles. The quantitative estimate of drug-likeness (QED) is 0.855. The van der Waals surface area contributed by atoms with Crippen LogP contribution in [0.15, 0.2) is 18.6 Å². The highest BCUT2D eigenvalue weighted by atomic mass is 15.2. The van der Waals surface area contributed by atoms with E-state index in [2.05, 4.69) is 33.3 Å². The molecule has 0 N–H and O–H groups in total. The van der Waals surface area contributed by atoms with Crippen molar-refractivity contribution >= 4 is 0 Å². The van der Waals surface area contributed by atoms with Gasteiger partial charge in [-0.15, -0.1) is 0 Å². The van der Waals surface area contributed by atoms with Crippen LogP contribution in [0.1, 0.15) is 42.7 Å². The van der Waals surface area contributed by atoms with Crippen LogP contribution < -0.4 is 0 Å². The average Bonchev–Trinajstić information content (AvgIpc) is 2.83. The van der Waals surface area contributed by atoms with Crippen molar-refractivity contribution in [1.82, 2.24) is 24.4 Å². The molecule has 0 fully saturated rings. The topological polar surface area (TPSA) is 46.8 Å². The zero-order valence-electron chi connectivity index (χ0n) is 12.4. The molecule has 0 amide bonds. The van der Waals surface area contributed by atoms with E-state index in [-0.39, 0.29) is 0 Å². The van der Waals surface area contributed by atoms with Crippen molar-refractivity contribution in [2.24, 2.45) is 7.05 Å². The number of aryl methyl sites for hydroxylation is 1. The third kappa shape index (κ3) is 2.58. The fourth-order valence-electron chi connectivity index (χ4n) is 2.55. The van der Waals surface area contributed by atoms with E-state index in [0.29, 0.717) is 5.92 Å². The lowest BCUT2D eigenvalue weighted by Crippen LogP contribution is -2.32. The smallest absolute Gasteiger partial charge is 0.131 e. The van der Waals surface area contributed by atoms with Gasteiger partial charge in [-0.25, -0.2) is 15.0 Å². The van der Waals surface area contributed by atoms with Gasteiger partial charge in [0.25, 0.3) is 0 Å². The average molecular weight is 271 g/mol. The molecule has 0 unspecified atom stereocenters. The lowest BCUT2D eigenvalue weighted by Gasteiger charge is -2.27. The first-order valence-electron chi connectivity index (χ1n) is 7.16. The normalized spacial score (nSPS) is 15.6. The predicted molar refractivity (Wildman–Crippen MR) is 77.1 cm³/mol. The van der Waals surface area contributed by atoms with E-state index in [4.69, 9.17) is 4.98 Å². The summed E-state index contributed by atoms with van der Waals surface area (Å²) in [6.45, 7) is 7.11. The highest BCUT2D eigenvalue weighted by molar-refractivity contribution is 5.21. The number of nitrogens with zero attached hydrogens (tertiary/aromatic N) is 5. The van der Waals surface area contributed by atoms with E-state index in [9.17, 15) is 0 Å². The maximum absolute atomic E-state index is 4.70. The molecule has 0 aliphatic carbocycles. The molecule has 5 nitrogen and oxygen atoms in total. The molecule has 3 rings (SSSR count). The summed E-state index contributed by atoms with van der Waals surface area (Å²) in [4.78, 5) is 16.0. The largest absolute Gasteiger partial charge is 0.337 e. The van der Waals surface area contributed by atoms with Crippen molar-refractivity contribution in [2.75, 3.05) is 6.54 Å². The van der Waals surface area contributed by atoms with Crippen LogP contribution in [-0.4, -0.2) is 31.0 Å². The molecule has 0 saturated heterocycles. The van der Waals surface area contributed by atoms with Gasteiger partial charge < -0.3 is 4.57 Å². The highest BCUT2D eigenvalue weighted by Crippen LogP contribution is 2.20. The standard InChI is InChI=1S/C15H21N5/c1-11(2)15-17-8-12-9-20(6-4-13(12)18-15)10-14-16-5-7-19(14)3/h5,7-8,11H,4,6,9-10H2,1-3H3. The van der Waals surface area contributed by atoms with Crippen LogP contribution in [0, 0.1) is 0 Å². The number of aromatic nitrogens is 4. The molecule has 0 atom stereocenters. The number of hydrogen-bond donors (Lipinski definition) is 0. The summed E-state index contributed by atoms with van der Waals surface area (Å²) in [6.07, 6.45) is 6.85. The van der Waals surface area contributed by atoms with Gasteiger partial charge in [0, 0.05) is 62.3 Å². The van der Waals surface area contributed by atoms with Gasteiger partial charge in [0.05, 0.1) is 6.54 Å². The van der Waals surface area contributed by atoms with Crippen LogP contribution in [0.2, 0.25) is 0 Å². The van der Waals surface area contributed by atoms with Crippen LogP contribution in [-0.2, 0) is 26.6 Å². The Labute approximate surface area is 119 Å². The Kier molecular flexibility index (Phi) is 3.53. The number of imidazole rings is 1. The van der Waals surface area contributed by atoms with Crippen LogP contribution in [0.5, 0.6) is 0 Å². The third-order valence-electron chi connectivity index (χ3n) is 3.83. The first kappa shape index (κ1) is 13.2. The van der Waals surface area contributed by atoms with Crippen LogP contribution in [0.4, 0.5) is 0 Å². The Morgan fingerprint density at radius 2 is 2.15 bits per heavy atom. The Morgan fingerprint density at radius 1 is 1.30 bits per heavy atom. The van der Waals surface area contributed by atoms with Crippen molar-refractivity contribution in [3.63, 3.8) is 0 Å². The Balaban J connectivity index is 1.74. The monoisotopic (exact) mass is 271 g/mol. The van der Waals surface area contributed by atoms with Crippen molar-refractivity contribution in [3.8, 4) is 0 Å². The zero-order valence-corrected chi connectivity index (χ0v) is 12.4. The van der Waals surface area contributed by atoms with Crippen molar-refractivity contribution < 1.29 is 0 Å². The lowest BCUT2D eigenvalue weighted by atomic mass is 10.1. The summed E-state index contributed by atoms with van der Waals surface area (Å²) >= 11 is 0. The molecule has 0 radical (unpaired) electrons. The first-order chi connectivity index (χ1) is 9.63. The molecular formula is C15H21N5.